The summed E-state index contributed by atoms with van der Waals surface area (Å²) in [6.07, 6.45) is 3.72. The van der Waals surface area contributed by atoms with Gasteiger partial charge >= 0.3 is 0 Å². The van der Waals surface area contributed by atoms with E-state index < -0.39 is 0 Å². The maximum absolute atomic E-state index is 13.0. The number of anilines is 2. The zero-order valence-electron chi connectivity index (χ0n) is 18.6. The minimum Gasteiger partial charge on any atom is -0.496 e. The molecule has 0 aliphatic heterocycles. The van der Waals surface area contributed by atoms with Gasteiger partial charge in [-0.05, 0) is 38.0 Å². The number of hydrogen-bond donors (Lipinski definition) is 3. The van der Waals surface area contributed by atoms with Crippen LogP contribution in [0.2, 0.25) is 0 Å². The molecule has 1 aromatic heterocycles. The number of carbonyl (C=O) groups is 3. The molecule has 0 bridgehead atoms. The van der Waals surface area contributed by atoms with Crippen LogP contribution in [0.25, 0.3) is 10.9 Å². The Bertz CT molecular complexity index is 1210. The number of para-hydroxylation sites is 1. The average Bonchev–Trinajstić information content (AvgIpc) is 3.62. The van der Waals surface area contributed by atoms with Crippen molar-refractivity contribution in [2.75, 3.05) is 19.0 Å². The Kier molecular flexibility index (Phi) is 6.53. The standard InChI is InChI=1S/C25H26N4O4/c1-15(30)10-11-26-24(31)19-12-18-21(13-22(19)33-2)27-14-20(25(32)29-17-8-9-17)23(18)28-16-6-4-3-5-7-16/h3-7,12-14,17H,8-11H2,1-2H3,(H,26,31)(H,27,28)(H,29,32). The number of aromatic nitrogens is 1. The zero-order valence-corrected chi connectivity index (χ0v) is 18.6. The maximum atomic E-state index is 13.0. The van der Waals surface area contributed by atoms with E-state index in [0.717, 1.165) is 18.5 Å². The first kappa shape index (κ1) is 22.3. The molecule has 3 aromatic rings. The fourth-order valence-electron chi connectivity index (χ4n) is 3.48. The van der Waals surface area contributed by atoms with Crippen LogP contribution in [0, 0.1) is 0 Å². The molecule has 8 heteroatoms. The number of ether oxygens (including phenoxy) is 1. The maximum Gasteiger partial charge on any atom is 0.255 e. The molecule has 1 saturated carbocycles. The topological polar surface area (TPSA) is 109 Å². The lowest BCUT2D eigenvalue weighted by Gasteiger charge is -2.17. The summed E-state index contributed by atoms with van der Waals surface area (Å²) in [6.45, 7) is 1.71. The second-order valence-corrected chi connectivity index (χ2v) is 8.06. The second-order valence-electron chi connectivity index (χ2n) is 8.06. The summed E-state index contributed by atoms with van der Waals surface area (Å²) in [4.78, 5) is 41.5. The lowest BCUT2D eigenvalue weighted by molar-refractivity contribution is -0.116. The number of nitrogens with one attached hydrogen (secondary N) is 3. The Labute approximate surface area is 191 Å². The number of fused-ring (bicyclic) bond motifs is 1. The van der Waals surface area contributed by atoms with E-state index in [0.29, 0.717) is 33.5 Å². The van der Waals surface area contributed by atoms with Gasteiger partial charge in [-0.25, -0.2) is 0 Å². The highest BCUT2D eigenvalue weighted by atomic mass is 16.5. The Morgan fingerprint density at radius 2 is 1.82 bits per heavy atom. The number of rotatable bonds is 9. The molecule has 170 valence electrons. The molecule has 2 amide bonds. The number of carbonyl (C=O) groups excluding carboxylic acids is 3. The summed E-state index contributed by atoms with van der Waals surface area (Å²) < 4.78 is 5.43. The highest BCUT2D eigenvalue weighted by molar-refractivity contribution is 6.10. The second kappa shape index (κ2) is 9.68. The summed E-state index contributed by atoms with van der Waals surface area (Å²) in [6, 6.07) is 13.0. The molecule has 33 heavy (non-hydrogen) atoms. The number of pyridine rings is 1. The Morgan fingerprint density at radius 1 is 1.06 bits per heavy atom. The van der Waals surface area contributed by atoms with Gasteiger partial charge in [-0.3, -0.25) is 19.4 Å². The van der Waals surface area contributed by atoms with Crippen LogP contribution in [0.15, 0.2) is 48.7 Å². The van der Waals surface area contributed by atoms with Crippen molar-refractivity contribution in [2.24, 2.45) is 0 Å². The number of amides is 2. The van der Waals surface area contributed by atoms with Gasteiger partial charge in [0.2, 0.25) is 0 Å². The molecule has 1 aliphatic rings. The first-order chi connectivity index (χ1) is 16.0. The summed E-state index contributed by atoms with van der Waals surface area (Å²) in [5.41, 5.74) is 2.63. The molecule has 0 unspecified atom stereocenters. The van der Waals surface area contributed by atoms with E-state index in [1.54, 1.807) is 12.1 Å². The van der Waals surface area contributed by atoms with Crippen LogP contribution >= 0.6 is 0 Å². The quantitative estimate of drug-likeness (QED) is 0.463. The van der Waals surface area contributed by atoms with Gasteiger partial charge < -0.3 is 20.7 Å². The minimum atomic E-state index is -0.367. The first-order valence-corrected chi connectivity index (χ1v) is 10.9. The van der Waals surface area contributed by atoms with E-state index in [2.05, 4.69) is 20.9 Å². The van der Waals surface area contributed by atoms with Crippen LogP contribution in [0.4, 0.5) is 11.4 Å². The number of nitrogens with zero attached hydrogens (tertiary/aromatic N) is 1. The lowest BCUT2D eigenvalue weighted by atomic mass is 10.0. The third kappa shape index (κ3) is 5.28. The number of methoxy groups -OCH3 is 1. The monoisotopic (exact) mass is 446 g/mol. The van der Waals surface area contributed by atoms with Gasteiger partial charge in [-0.2, -0.15) is 0 Å². The fourth-order valence-corrected chi connectivity index (χ4v) is 3.48. The van der Waals surface area contributed by atoms with Crippen LogP contribution in [-0.2, 0) is 4.79 Å². The van der Waals surface area contributed by atoms with Crippen LogP contribution in [0.1, 0.15) is 46.9 Å². The molecule has 1 heterocycles. The highest BCUT2D eigenvalue weighted by Crippen LogP contribution is 2.34. The molecular weight excluding hydrogens is 420 g/mol. The molecule has 1 aliphatic carbocycles. The van der Waals surface area contributed by atoms with E-state index in [1.165, 1.54) is 20.2 Å². The van der Waals surface area contributed by atoms with Crippen molar-refractivity contribution < 1.29 is 19.1 Å². The number of benzene rings is 2. The largest absolute Gasteiger partial charge is 0.496 e. The molecule has 3 N–H and O–H groups in total. The van der Waals surface area contributed by atoms with E-state index in [9.17, 15) is 14.4 Å². The minimum absolute atomic E-state index is 0.00867. The van der Waals surface area contributed by atoms with Gasteiger partial charge in [0.15, 0.2) is 0 Å². The van der Waals surface area contributed by atoms with Crippen LogP contribution in [-0.4, -0.2) is 42.3 Å². The molecule has 1 fully saturated rings. The molecule has 2 aromatic carbocycles. The van der Waals surface area contributed by atoms with Crippen molar-refractivity contribution >= 4 is 39.9 Å². The molecular formula is C25H26N4O4. The van der Waals surface area contributed by atoms with Gasteiger partial charge in [0.25, 0.3) is 11.8 Å². The predicted octanol–water partition coefficient (Wildman–Crippen LogP) is 3.59. The average molecular weight is 447 g/mol. The van der Waals surface area contributed by atoms with Gasteiger partial charge in [-0.1, -0.05) is 18.2 Å². The van der Waals surface area contributed by atoms with Crippen LogP contribution in [0.3, 0.4) is 0 Å². The summed E-state index contributed by atoms with van der Waals surface area (Å²) in [5, 5.41) is 9.70. The molecule has 0 atom stereocenters. The molecule has 4 rings (SSSR count). The third-order valence-electron chi connectivity index (χ3n) is 5.40. The van der Waals surface area contributed by atoms with Crippen LogP contribution < -0.4 is 20.7 Å². The van der Waals surface area contributed by atoms with Crippen molar-refractivity contribution in [3.05, 3.63) is 59.8 Å². The lowest BCUT2D eigenvalue weighted by Crippen LogP contribution is -2.27. The summed E-state index contributed by atoms with van der Waals surface area (Å²) in [7, 11) is 1.48. The number of hydrogen-bond acceptors (Lipinski definition) is 6. The van der Waals surface area contributed by atoms with Crippen molar-refractivity contribution in [3.8, 4) is 5.75 Å². The van der Waals surface area contributed by atoms with Crippen molar-refractivity contribution in [2.45, 2.75) is 32.2 Å². The van der Waals surface area contributed by atoms with Gasteiger partial charge in [0.1, 0.15) is 11.5 Å². The van der Waals surface area contributed by atoms with Crippen molar-refractivity contribution in [3.63, 3.8) is 0 Å². The first-order valence-electron chi connectivity index (χ1n) is 10.9. The van der Waals surface area contributed by atoms with E-state index in [-0.39, 0.29) is 36.6 Å². The Morgan fingerprint density at radius 3 is 2.48 bits per heavy atom. The number of ketones is 1. The molecule has 0 saturated heterocycles. The third-order valence-corrected chi connectivity index (χ3v) is 5.40. The number of Topliss-reactive ketones (excluding diaryl/α,β-unsaturated/α-hetero) is 1. The van der Waals surface area contributed by atoms with E-state index in [1.807, 2.05) is 30.3 Å². The normalized spacial score (nSPS) is 12.8. The van der Waals surface area contributed by atoms with Gasteiger partial charge in [0.05, 0.1) is 29.4 Å². The molecule has 0 spiro atoms. The van der Waals surface area contributed by atoms with E-state index in [4.69, 9.17) is 4.74 Å². The molecule has 0 radical (unpaired) electrons. The predicted molar refractivity (Wildman–Crippen MR) is 126 cm³/mol. The zero-order chi connectivity index (χ0) is 23.4. The Balaban J connectivity index is 1.79. The van der Waals surface area contributed by atoms with Crippen molar-refractivity contribution in [1.82, 2.24) is 15.6 Å². The molecule has 8 nitrogen and oxygen atoms in total. The SMILES string of the molecule is COc1cc2ncc(C(=O)NC3CC3)c(Nc3ccccc3)c2cc1C(=O)NCCC(C)=O. The van der Waals surface area contributed by atoms with E-state index >= 15 is 0 Å². The fraction of sp³-hybridized carbons (Fsp3) is 0.280. The van der Waals surface area contributed by atoms with Crippen molar-refractivity contribution in [1.29, 1.82) is 0 Å². The van der Waals surface area contributed by atoms with Gasteiger partial charge in [0, 0.05) is 42.3 Å². The van der Waals surface area contributed by atoms with Gasteiger partial charge in [-0.15, -0.1) is 0 Å². The summed E-state index contributed by atoms with van der Waals surface area (Å²) >= 11 is 0. The van der Waals surface area contributed by atoms with Crippen LogP contribution in [0.5, 0.6) is 5.75 Å². The summed E-state index contributed by atoms with van der Waals surface area (Å²) in [5.74, 6) is -0.232. The smallest absolute Gasteiger partial charge is 0.255 e. The highest BCUT2D eigenvalue weighted by Gasteiger charge is 2.26. The Hall–Kier alpha value is -3.94.